The lowest BCUT2D eigenvalue weighted by atomic mass is 10.1. The summed E-state index contributed by atoms with van der Waals surface area (Å²) in [5, 5.41) is 13.7. The van der Waals surface area contributed by atoms with Crippen LogP contribution in [0, 0.1) is 0 Å². The fraction of sp³-hybridized carbons (Fsp3) is 0.294. The number of hydrogen-bond acceptors (Lipinski definition) is 6. The van der Waals surface area contributed by atoms with E-state index in [4.69, 9.17) is 10.8 Å². The van der Waals surface area contributed by atoms with Crippen LogP contribution in [0.3, 0.4) is 0 Å². The van der Waals surface area contributed by atoms with E-state index in [1.807, 2.05) is 6.07 Å². The number of nitrogens with one attached hydrogen (secondary N) is 2. The van der Waals surface area contributed by atoms with Crippen LogP contribution in [-0.4, -0.2) is 54.6 Å². The molecule has 2 amide bonds. The number of carbonyl (C=O) groups is 4. The van der Waals surface area contributed by atoms with Crippen molar-refractivity contribution in [3.63, 3.8) is 0 Å². The quantitative estimate of drug-likeness (QED) is 0.324. The van der Waals surface area contributed by atoms with Crippen LogP contribution in [0.1, 0.15) is 5.56 Å². The maximum atomic E-state index is 12.1. The summed E-state index contributed by atoms with van der Waals surface area (Å²) in [6.07, 6.45) is 2.03. The van der Waals surface area contributed by atoms with E-state index in [9.17, 15) is 19.2 Å². The molecule has 1 aromatic carbocycles. The minimum absolute atomic E-state index is 0.243. The first kappa shape index (κ1) is 20.8. The number of carboxylic acid groups (broad SMARTS) is 1. The number of methoxy groups -OCH3 is 1. The molecule has 1 aromatic rings. The number of carbonyl (C=O) groups excluding carboxylic acids is 3. The second-order valence-electron chi connectivity index (χ2n) is 5.30. The van der Waals surface area contributed by atoms with E-state index in [2.05, 4.69) is 15.4 Å². The lowest BCUT2D eigenvalue weighted by molar-refractivity contribution is -0.142. The Morgan fingerprint density at radius 3 is 2.42 bits per heavy atom. The van der Waals surface area contributed by atoms with E-state index >= 15 is 0 Å². The molecule has 0 aliphatic heterocycles. The molecule has 1 rings (SSSR count). The molecule has 0 aromatic heterocycles. The highest BCUT2D eigenvalue weighted by molar-refractivity contribution is 5.95. The number of carboxylic acids is 1. The Morgan fingerprint density at radius 1 is 1.19 bits per heavy atom. The van der Waals surface area contributed by atoms with Crippen molar-refractivity contribution in [1.82, 2.24) is 10.6 Å². The van der Waals surface area contributed by atoms with Crippen LogP contribution in [0.25, 0.3) is 0 Å². The molecule has 0 saturated carbocycles. The SMILES string of the molecule is COC(=O)/C=C/C(=O)NC[C@H](NC(=O)[C@H](N)Cc1ccccc1)C(=O)O. The number of rotatable bonds is 9. The average Bonchev–Trinajstić information content (AvgIpc) is 2.63. The molecule has 5 N–H and O–H groups in total. The number of ether oxygens (including phenoxy) is 1. The Bertz CT molecular complexity index is 674. The minimum Gasteiger partial charge on any atom is -0.480 e. The van der Waals surface area contributed by atoms with E-state index in [1.54, 1.807) is 24.3 Å². The van der Waals surface area contributed by atoms with Crippen molar-refractivity contribution in [2.45, 2.75) is 18.5 Å². The molecule has 0 radical (unpaired) electrons. The Morgan fingerprint density at radius 2 is 1.85 bits per heavy atom. The largest absolute Gasteiger partial charge is 0.480 e. The van der Waals surface area contributed by atoms with Crippen molar-refractivity contribution < 1.29 is 29.0 Å². The van der Waals surface area contributed by atoms with E-state index in [0.717, 1.165) is 24.8 Å². The Balaban J connectivity index is 2.55. The molecule has 0 aliphatic carbocycles. The van der Waals surface area contributed by atoms with Gasteiger partial charge in [0.15, 0.2) is 0 Å². The predicted octanol–water partition coefficient (Wildman–Crippen LogP) is -1.03. The second kappa shape index (κ2) is 10.6. The summed E-state index contributed by atoms with van der Waals surface area (Å²) < 4.78 is 4.32. The number of aliphatic carboxylic acids is 1. The van der Waals surface area contributed by atoms with Crippen molar-refractivity contribution in [2.24, 2.45) is 5.73 Å². The van der Waals surface area contributed by atoms with Crippen molar-refractivity contribution in [3.8, 4) is 0 Å². The van der Waals surface area contributed by atoms with Gasteiger partial charge in [-0.05, 0) is 12.0 Å². The normalized spacial score (nSPS) is 12.8. The van der Waals surface area contributed by atoms with Gasteiger partial charge in [0.2, 0.25) is 11.8 Å². The lowest BCUT2D eigenvalue weighted by Crippen LogP contribution is -2.53. The Kier molecular flexibility index (Phi) is 8.51. The van der Waals surface area contributed by atoms with Crippen LogP contribution < -0.4 is 16.4 Å². The molecular formula is C17H21N3O6. The topological polar surface area (TPSA) is 148 Å². The van der Waals surface area contributed by atoms with Gasteiger partial charge in [-0.25, -0.2) is 9.59 Å². The second-order valence-corrected chi connectivity index (χ2v) is 5.30. The number of nitrogens with two attached hydrogens (primary N) is 1. The van der Waals surface area contributed by atoms with Crippen LogP contribution >= 0.6 is 0 Å². The monoisotopic (exact) mass is 363 g/mol. The third-order valence-electron chi connectivity index (χ3n) is 3.30. The number of benzene rings is 1. The number of amides is 2. The van der Waals surface area contributed by atoms with Crippen LogP contribution in [0.4, 0.5) is 0 Å². The third-order valence-corrected chi connectivity index (χ3v) is 3.30. The van der Waals surface area contributed by atoms with Gasteiger partial charge in [0.25, 0.3) is 0 Å². The molecular weight excluding hydrogens is 342 g/mol. The molecule has 0 saturated heterocycles. The first-order valence-corrected chi connectivity index (χ1v) is 7.70. The standard InChI is InChI=1S/C17H21N3O6/c1-26-15(22)8-7-14(21)19-10-13(17(24)25)20-16(23)12(18)9-11-5-3-2-4-6-11/h2-8,12-13H,9-10,18H2,1H3,(H,19,21)(H,20,23)(H,24,25)/b8-7+/t12-,13+/m1/s1. The smallest absolute Gasteiger partial charge is 0.330 e. The van der Waals surface area contributed by atoms with Gasteiger partial charge < -0.3 is 26.2 Å². The maximum Gasteiger partial charge on any atom is 0.330 e. The molecule has 0 spiro atoms. The van der Waals surface area contributed by atoms with Crippen LogP contribution in [0.15, 0.2) is 42.5 Å². The van der Waals surface area contributed by atoms with Crippen molar-refractivity contribution >= 4 is 23.8 Å². The zero-order chi connectivity index (χ0) is 19.5. The van der Waals surface area contributed by atoms with Gasteiger partial charge in [0.05, 0.1) is 13.2 Å². The van der Waals surface area contributed by atoms with Crippen molar-refractivity contribution in [1.29, 1.82) is 0 Å². The predicted molar refractivity (Wildman–Crippen MR) is 91.9 cm³/mol. The highest BCUT2D eigenvalue weighted by Gasteiger charge is 2.23. The van der Waals surface area contributed by atoms with Crippen LogP contribution in [0.2, 0.25) is 0 Å². The number of esters is 1. The zero-order valence-corrected chi connectivity index (χ0v) is 14.2. The minimum atomic E-state index is -1.36. The molecule has 0 heterocycles. The Labute approximate surface area is 150 Å². The average molecular weight is 363 g/mol. The first-order chi connectivity index (χ1) is 12.3. The molecule has 9 nitrogen and oxygen atoms in total. The third kappa shape index (κ3) is 7.58. The summed E-state index contributed by atoms with van der Waals surface area (Å²) in [6, 6.07) is 6.74. The molecule has 0 unspecified atom stereocenters. The highest BCUT2D eigenvalue weighted by atomic mass is 16.5. The first-order valence-electron chi connectivity index (χ1n) is 7.70. The van der Waals surface area contributed by atoms with E-state index in [1.165, 1.54) is 0 Å². The lowest BCUT2D eigenvalue weighted by Gasteiger charge is -2.18. The fourth-order valence-corrected chi connectivity index (χ4v) is 1.91. The summed E-state index contributed by atoms with van der Waals surface area (Å²) in [4.78, 5) is 45.7. The fourth-order valence-electron chi connectivity index (χ4n) is 1.91. The summed E-state index contributed by atoms with van der Waals surface area (Å²) in [5.74, 6) is -3.41. The summed E-state index contributed by atoms with van der Waals surface area (Å²) in [7, 11) is 1.15. The van der Waals surface area contributed by atoms with E-state index in [0.29, 0.717) is 0 Å². The van der Waals surface area contributed by atoms with Crippen LogP contribution in [0.5, 0.6) is 0 Å². The molecule has 9 heteroatoms. The molecule has 26 heavy (non-hydrogen) atoms. The van der Waals surface area contributed by atoms with Gasteiger partial charge in [-0.1, -0.05) is 30.3 Å². The molecule has 0 fully saturated rings. The maximum absolute atomic E-state index is 12.1. The zero-order valence-electron chi connectivity index (χ0n) is 14.2. The Hall–Kier alpha value is -3.20. The van der Waals surface area contributed by atoms with Gasteiger partial charge in [-0.15, -0.1) is 0 Å². The molecule has 0 bridgehead atoms. The van der Waals surface area contributed by atoms with E-state index < -0.39 is 35.8 Å². The molecule has 0 aliphatic rings. The molecule has 140 valence electrons. The highest BCUT2D eigenvalue weighted by Crippen LogP contribution is 2.02. The van der Waals surface area contributed by atoms with E-state index in [-0.39, 0.29) is 13.0 Å². The van der Waals surface area contributed by atoms with Gasteiger partial charge in [0, 0.05) is 18.7 Å². The van der Waals surface area contributed by atoms with Gasteiger partial charge in [0.1, 0.15) is 6.04 Å². The summed E-state index contributed by atoms with van der Waals surface area (Å²) in [6.45, 7) is -0.372. The summed E-state index contributed by atoms with van der Waals surface area (Å²) in [5.41, 5.74) is 6.63. The van der Waals surface area contributed by atoms with Crippen molar-refractivity contribution in [3.05, 3.63) is 48.0 Å². The van der Waals surface area contributed by atoms with Crippen molar-refractivity contribution in [2.75, 3.05) is 13.7 Å². The van der Waals surface area contributed by atoms with Gasteiger partial charge in [-0.3, -0.25) is 9.59 Å². The van der Waals surface area contributed by atoms with Gasteiger partial charge >= 0.3 is 11.9 Å². The molecule has 2 atom stereocenters. The van der Waals surface area contributed by atoms with Crippen LogP contribution in [-0.2, 0) is 30.3 Å². The van der Waals surface area contributed by atoms with Gasteiger partial charge in [-0.2, -0.15) is 0 Å². The number of hydrogen-bond donors (Lipinski definition) is 4. The summed E-state index contributed by atoms with van der Waals surface area (Å²) >= 11 is 0.